The molecule has 2 unspecified atom stereocenters. The molecule has 0 aliphatic heterocycles. The van der Waals surface area contributed by atoms with Gasteiger partial charge in [0.05, 0.1) is 23.4 Å². The van der Waals surface area contributed by atoms with Crippen molar-refractivity contribution in [2.75, 3.05) is 12.4 Å². The zero-order valence-corrected chi connectivity index (χ0v) is 12.2. The molecule has 108 valence electrons. The quantitative estimate of drug-likeness (QED) is 0.800. The summed E-state index contributed by atoms with van der Waals surface area (Å²) in [7, 11) is -3.17. The highest BCUT2D eigenvalue weighted by Crippen LogP contribution is 2.22. The molecule has 5 heteroatoms. The number of rotatable bonds is 7. The van der Waals surface area contributed by atoms with Crippen molar-refractivity contribution in [3.8, 4) is 0 Å². The lowest BCUT2D eigenvalue weighted by Gasteiger charge is -2.15. The summed E-state index contributed by atoms with van der Waals surface area (Å²) in [4.78, 5) is 0.341. The third kappa shape index (κ3) is 4.60. The van der Waals surface area contributed by atoms with Gasteiger partial charge in [-0.2, -0.15) is 0 Å². The molecule has 2 N–H and O–H groups in total. The molecule has 1 aromatic carbocycles. The normalized spacial score (nSPS) is 15.2. The number of hydrogen-bond donors (Lipinski definition) is 2. The third-order valence-electron chi connectivity index (χ3n) is 3.12. The highest BCUT2D eigenvalue weighted by molar-refractivity contribution is 7.91. The van der Waals surface area contributed by atoms with Gasteiger partial charge in [-0.1, -0.05) is 26.0 Å². The van der Waals surface area contributed by atoms with Crippen LogP contribution < -0.4 is 0 Å². The number of sulfone groups is 1. The van der Waals surface area contributed by atoms with Crippen LogP contribution in [0.1, 0.15) is 38.2 Å². The summed E-state index contributed by atoms with van der Waals surface area (Å²) in [6, 6.07) is 6.78. The molecule has 0 saturated carbocycles. The molecular formula is C14H22O4S. The molecule has 0 aromatic heterocycles. The smallest absolute Gasteiger partial charge is 0.178 e. The van der Waals surface area contributed by atoms with E-state index in [-0.39, 0.29) is 18.3 Å². The molecule has 1 aromatic rings. The summed E-state index contributed by atoms with van der Waals surface area (Å²) < 4.78 is 23.7. The van der Waals surface area contributed by atoms with E-state index in [0.29, 0.717) is 17.7 Å². The minimum Gasteiger partial charge on any atom is -0.394 e. The van der Waals surface area contributed by atoms with E-state index in [9.17, 15) is 13.5 Å². The SMILES string of the molecule is CCCS(=O)(=O)c1ccc(C(C)CC(O)CO)cc1. The monoisotopic (exact) mass is 286 g/mol. The molecule has 0 aliphatic rings. The maximum atomic E-state index is 11.9. The van der Waals surface area contributed by atoms with Crippen molar-refractivity contribution in [3.05, 3.63) is 29.8 Å². The largest absolute Gasteiger partial charge is 0.394 e. The summed E-state index contributed by atoms with van der Waals surface area (Å²) in [5.41, 5.74) is 0.961. The second-order valence-corrected chi connectivity index (χ2v) is 6.97. The number of hydrogen-bond acceptors (Lipinski definition) is 4. The molecule has 4 nitrogen and oxygen atoms in total. The fourth-order valence-corrected chi connectivity index (χ4v) is 3.33. The first-order valence-electron chi connectivity index (χ1n) is 6.52. The van der Waals surface area contributed by atoms with Gasteiger partial charge in [0.2, 0.25) is 0 Å². The van der Waals surface area contributed by atoms with Crippen LogP contribution in [0.2, 0.25) is 0 Å². The maximum absolute atomic E-state index is 11.9. The molecule has 1 rings (SSSR count). The highest BCUT2D eigenvalue weighted by atomic mass is 32.2. The van der Waals surface area contributed by atoms with Crippen molar-refractivity contribution in [2.45, 2.75) is 43.6 Å². The van der Waals surface area contributed by atoms with Gasteiger partial charge in [0.1, 0.15) is 0 Å². The van der Waals surface area contributed by atoms with E-state index in [1.54, 1.807) is 24.3 Å². The Labute approximate surface area is 115 Å². The van der Waals surface area contributed by atoms with Crippen LogP contribution in [-0.4, -0.2) is 37.1 Å². The fraction of sp³-hybridized carbons (Fsp3) is 0.571. The van der Waals surface area contributed by atoms with Crippen molar-refractivity contribution >= 4 is 9.84 Å². The van der Waals surface area contributed by atoms with E-state index < -0.39 is 15.9 Å². The Kier molecular flexibility index (Phi) is 5.97. The molecule has 0 fully saturated rings. The summed E-state index contributed by atoms with van der Waals surface area (Å²) >= 11 is 0. The molecule has 0 bridgehead atoms. The van der Waals surface area contributed by atoms with Crippen molar-refractivity contribution < 1.29 is 18.6 Å². The van der Waals surface area contributed by atoms with Crippen molar-refractivity contribution in [3.63, 3.8) is 0 Å². The lowest BCUT2D eigenvalue weighted by Crippen LogP contribution is -2.15. The lowest BCUT2D eigenvalue weighted by molar-refractivity contribution is 0.0835. The Morgan fingerprint density at radius 2 is 1.79 bits per heavy atom. The van der Waals surface area contributed by atoms with Crippen molar-refractivity contribution in [2.24, 2.45) is 0 Å². The predicted octanol–water partition coefficient (Wildman–Crippen LogP) is 1.72. The van der Waals surface area contributed by atoms with Gasteiger partial charge in [0.25, 0.3) is 0 Å². The molecule has 0 amide bonds. The second-order valence-electron chi connectivity index (χ2n) is 4.86. The summed E-state index contributed by atoms with van der Waals surface area (Å²) in [6.07, 6.45) is 0.319. The van der Waals surface area contributed by atoms with Crippen LogP contribution >= 0.6 is 0 Å². The summed E-state index contributed by atoms with van der Waals surface area (Å²) in [5.74, 6) is 0.232. The molecular weight excluding hydrogens is 264 g/mol. The molecule has 0 saturated heterocycles. The first-order chi connectivity index (χ1) is 8.90. The van der Waals surface area contributed by atoms with Gasteiger partial charge in [-0.25, -0.2) is 8.42 Å². The molecule has 0 radical (unpaired) electrons. The summed E-state index contributed by atoms with van der Waals surface area (Å²) in [5, 5.41) is 18.2. The molecule has 19 heavy (non-hydrogen) atoms. The number of aliphatic hydroxyl groups is 2. The Bertz CT molecular complexity index is 479. The Balaban J connectivity index is 2.82. The Morgan fingerprint density at radius 1 is 1.21 bits per heavy atom. The van der Waals surface area contributed by atoms with Gasteiger partial charge < -0.3 is 10.2 Å². The van der Waals surface area contributed by atoms with Crippen molar-refractivity contribution in [1.82, 2.24) is 0 Å². The van der Waals surface area contributed by atoms with E-state index >= 15 is 0 Å². The number of aliphatic hydroxyl groups excluding tert-OH is 2. The van der Waals surface area contributed by atoms with Gasteiger partial charge in [-0.05, 0) is 36.5 Å². The molecule has 0 aliphatic carbocycles. The number of benzene rings is 1. The van der Waals surface area contributed by atoms with Crippen LogP contribution in [0.15, 0.2) is 29.2 Å². The highest BCUT2D eigenvalue weighted by Gasteiger charge is 2.15. The van der Waals surface area contributed by atoms with Gasteiger partial charge >= 0.3 is 0 Å². The van der Waals surface area contributed by atoms with Gasteiger partial charge in [-0.15, -0.1) is 0 Å². The summed E-state index contributed by atoms with van der Waals surface area (Å²) in [6.45, 7) is 3.52. The van der Waals surface area contributed by atoms with E-state index in [0.717, 1.165) is 5.56 Å². The van der Waals surface area contributed by atoms with Crippen LogP contribution in [0.5, 0.6) is 0 Å². The Hall–Kier alpha value is -0.910. The second kappa shape index (κ2) is 7.03. The van der Waals surface area contributed by atoms with E-state index in [4.69, 9.17) is 5.11 Å². The zero-order chi connectivity index (χ0) is 14.5. The maximum Gasteiger partial charge on any atom is 0.178 e. The standard InChI is InChI=1S/C14H22O4S/c1-3-8-19(17,18)14-6-4-12(5-7-14)11(2)9-13(16)10-15/h4-7,11,13,15-16H,3,8-10H2,1-2H3. The van der Waals surface area contributed by atoms with Crippen LogP contribution in [-0.2, 0) is 9.84 Å². The molecule has 0 spiro atoms. The van der Waals surface area contributed by atoms with Gasteiger partial charge in [0, 0.05) is 0 Å². The van der Waals surface area contributed by atoms with Crippen molar-refractivity contribution in [1.29, 1.82) is 0 Å². The average Bonchev–Trinajstić information content (AvgIpc) is 2.38. The lowest BCUT2D eigenvalue weighted by atomic mass is 9.95. The zero-order valence-electron chi connectivity index (χ0n) is 11.4. The van der Waals surface area contributed by atoms with Crippen LogP contribution in [0, 0.1) is 0 Å². The first kappa shape index (κ1) is 16.1. The molecule has 0 heterocycles. The minimum absolute atomic E-state index is 0.0741. The van der Waals surface area contributed by atoms with Gasteiger partial charge in [0.15, 0.2) is 9.84 Å². The van der Waals surface area contributed by atoms with Crippen LogP contribution in [0.25, 0.3) is 0 Å². The van der Waals surface area contributed by atoms with Crippen LogP contribution in [0.4, 0.5) is 0 Å². The van der Waals surface area contributed by atoms with Crippen LogP contribution in [0.3, 0.4) is 0 Å². The van der Waals surface area contributed by atoms with E-state index in [1.165, 1.54) is 0 Å². The van der Waals surface area contributed by atoms with E-state index in [2.05, 4.69) is 0 Å². The predicted molar refractivity (Wildman–Crippen MR) is 74.9 cm³/mol. The van der Waals surface area contributed by atoms with Gasteiger partial charge in [-0.3, -0.25) is 0 Å². The Morgan fingerprint density at radius 3 is 2.26 bits per heavy atom. The fourth-order valence-electron chi connectivity index (χ4n) is 2.01. The third-order valence-corrected chi connectivity index (χ3v) is 5.05. The van der Waals surface area contributed by atoms with E-state index in [1.807, 2.05) is 13.8 Å². The first-order valence-corrected chi connectivity index (χ1v) is 8.17. The average molecular weight is 286 g/mol. The molecule has 2 atom stereocenters. The minimum atomic E-state index is -3.17. The topological polar surface area (TPSA) is 74.6 Å².